The van der Waals surface area contributed by atoms with E-state index in [1.807, 2.05) is 60.1 Å². The fourth-order valence-corrected chi connectivity index (χ4v) is 3.29. The highest BCUT2D eigenvalue weighted by atomic mass is 16.5. The van der Waals surface area contributed by atoms with Gasteiger partial charge in [0.2, 0.25) is 0 Å². The van der Waals surface area contributed by atoms with Gasteiger partial charge in [0.25, 0.3) is 5.91 Å². The number of pyridine rings is 1. The molecule has 0 saturated carbocycles. The van der Waals surface area contributed by atoms with E-state index in [9.17, 15) is 4.79 Å². The van der Waals surface area contributed by atoms with E-state index in [1.54, 1.807) is 7.11 Å². The molecule has 1 amide bonds. The van der Waals surface area contributed by atoms with E-state index >= 15 is 0 Å². The average Bonchev–Trinajstić information content (AvgIpc) is 3.30. The van der Waals surface area contributed by atoms with Crippen molar-refractivity contribution in [3.8, 4) is 11.5 Å². The fourth-order valence-electron chi connectivity index (χ4n) is 3.29. The number of carbonyl (C=O) groups excluding carboxylic acids is 1. The van der Waals surface area contributed by atoms with E-state index in [0.29, 0.717) is 24.7 Å². The number of carbonyl (C=O) groups is 1. The van der Waals surface area contributed by atoms with Gasteiger partial charge in [0.05, 0.1) is 12.1 Å². The number of nitrogens with zero attached hydrogens (tertiary/aromatic N) is 4. The van der Waals surface area contributed by atoms with Gasteiger partial charge in [0.1, 0.15) is 11.5 Å². The van der Waals surface area contributed by atoms with Crippen LogP contribution in [0, 0.1) is 6.92 Å². The summed E-state index contributed by atoms with van der Waals surface area (Å²) in [6.07, 6.45) is 3.88. The summed E-state index contributed by atoms with van der Waals surface area (Å²) in [7, 11) is 1.60. The number of hydrogen-bond acceptors (Lipinski definition) is 4. The lowest BCUT2D eigenvalue weighted by Crippen LogP contribution is -2.27. The standard InChI is InChI=1S/C22H23N5O2/c1-16-24-18(15-26(16)14-17-8-4-3-5-9-17)21-25-20(22(28)23-11-13-29-2)19-10-6-7-12-27(19)21/h3-10,12,15H,11,13-14H2,1-2H3,(H,23,28). The highest BCUT2D eigenvalue weighted by molar-refractivity contribution is 5.99. The summed E-state index contributed by atoms with van der Waals surface area (Å²) in [5, 5.41) is 2.84. The van der Waals surface area contributed by atoms with Crippen molar-refractivity contribution < 1.29 is 9.53 Å². The molecule has 0 spiro atoms. The van der Waals surface area contributed by atoms with Crippen molar-refractivity contribution in [2.45, 2.75) is 13.5 Å². The summed E-state index contributed by atoms with van der Waals surface area (Å²) >= 11 is 0. The van der Waals surface area contributed by atoms with Crippen LogP contribution in [0.25, 0.3) is 17.0 Å². The first-order valence-electron chi connectivity index (χ1n) is 9.49. The summed E-state index contributed by atoms with van der Waals surface area (Å²) in [5.74, 6) is 1.31. The Morgan fingerprint density at radius 1 is 1.10 bits per heavy atom. The van der Waals surface area contributed by atoms with Crippen molar-refractivity contribution in [3.05, 3.63) is 78.0 Å². The van der Waals surface area contributed by atoms with Crippen molar-refractivity contribution in [1.82, 2.24) is 24.3 Å². The van der Waals surface area contributed by atoms with Crippen molar-refractivity contribution in [2.75, 3.05) is 20.3 Å². The predicted octanol–water partition coefficient (Wildman–Crippen LogP) is 2.93. The molecular weight excluding hydrogens is 366 g/mol. The molecule has 0 bridgehead atoms. The van der Waals surface area contributed by atoms with Crippen LogP contribution < -0.4 is 5.32 Å². The van der Waals surface area contributed by atoms with E-state index in [0.717, 1.165) is 23.6 Å². The first-order valence-corrected chi connectivity index (χ1v) is 9.49. The van der Waals surface area contributed by atoms with Crippen LogP contribution in [0.2, 0.25) is 0 Å². The number of imidazole rings is 2. The molecule has 7 nitrogen and oxygen atoms in total. The van der Waals surface area contributed by atoms with Crippen molar-refractivity contribution in [2.24, 2.45) is 0 Å². The van der Waals surface area contributed by atoms with Crippen LogP contribution in [0.4, 0.5) is 0 Å². The lowest BCUT2D eigenvalue weighted by molar-refractivity contribution is 0.0934. The normalized spacial score (nSPS) is 11.1. The minimum Gasteiger partial charge on any atom is -0.383 e. The Balaban J connectivity index is 1.69. The number of aromatic nitrogens is 4. The Kier molecular flexibility index (Phi) is 5.39. The maximum absolute atomic E-state index is 12.6. The molecule has 3 aromatic heterocycles. The van der Waals surface area contributed by atoms with Gasteiger partial charge in [-0.15, -0.1) is 0 Å². The molecule has 0 atom stereocenters. The first kappa shape index (κ1) is 18.9. The Bertz CT molecular complexity index is 1130. The van der Waals surface area contributed by atoms with E-state index in [2.05, 4.69) is 27.0 Å². The van der Waals surface area contributed by atoms with Crippen molar-refractivity contribution >= 4 is 11.4 Å². The van der Waals surface area contributed by atoms with E-state index < -0.39 is 0 Å². The second-order valence-electron chi connectivity index (χ2n) is 6.78. The highest BCUT2D eigenvalue weighted by Crippen LogP contribution is 2.23. The van der Waals surface area contributed by atoms with Crippen LogP contribution >= 0.6 is 0 Å². The predicted molar refractivity (Wildman–Crippen MR) is 111 cm³/mol. The van der Waals surface area contributed by atoms with Gasteiger partial charge in [-0.2, -0.15) is 0 Å². The molecule has 0 unspecified atom stereocenters. The molecule has 0 saturated heterocycles. The number of fused-ring (bicyclic) bond motifs is 1. The monoisotopic (exact) mass is 389 g/mol. The molecule has 3 heterocycles. The number of hydrogen-bond donors (Lipinski definition) is 1. The zero-order valence-electron chi connectivity index (χ0n) is 16.5. The zero-order valence-corrected chi connectivity index (χ0v) is 16.5. The third-order valence-electron chi connectivity index (χ3n) is 4.76. The smallest absolute Gasteiger partial charge is 0.272 e. The third kappa shape index (κ3) is 3.90. The van der Waals surface area contributed by atoms with Gasteiger partial charge in [0, 0.05) is 32.6 Å². The molecule has 0 fully saturated rings. The fraction of sp³-hybridized carbons (Fsp3) is 0.227. The minimum absolute atomic E-state index is 0.225. The van der Waals surface area contributed by atoms with Crippen LogP contribution in [0.15, 0.2) is 60.9 Å². The molecule has 0 radical (unpaired) electrons. The van der Waals surface area contributed by atoms with Gasteiger partial charge < -0.3 is 14.6 Å². The second kappa shape index (κ2) is 8.28. The van der Waals surface area contributed by atoms with Gasteiger partial charge in [-0.25, -0.2) is 9.97 Å². The molecule has 1 aromatic carbocycles. The van der Waals surface area contributed by atoms with Gasteiger partial charge in [0.15, 0.2) is 11.5 Å². The number of nitrogens with one attached hydrogen (secondary N) is 1. The average molecular weight is 389 g/mol. The first-order chi connectivity index (χ1) is 14.2. The minimum atomic E-state index is -0.225. The lowest BCUT2D eigenvalue weighted by atomic mass is 10.2. The Morgan fingerprint density at radius 2 is 1.90 bits per heavy atom. The Hall–Kier alpha value is -3.45. The number of aryl methyl sites for hydroxylation is 1. The largest absolute Gasteiger partial charge is 0.383 e. The van der Waals surface area contributed by atoms with Gasteiger partial charge in [-0.3, -0.25) is 9.20 Å². The molecule has 7 heteroatoms. The Labute approximate surface area is 169 Å². The topological polar surface area (TPSA) is 73.4 Å². The summed E-state index contributed by atoms with van der Waals surface area (Å²) in [6.45, 7) is 3.59. The summed E-state index contributed by atoms with van der Waals surface area (Å²) in [4.78, 5) is 22.0. The molecule has 4 rings (SSSR count). The number of benzene rings is 1. The van der Waals surface area contributed by atoms with Crippen molar-refractivity contribution in [1.29, 1.82) is 0 Å². The van der Waals surface area contributed by atoms with Crippen LogP contribution in [0.3, 0.4) is 0 Å². The third-order valence-corrected chi connectivity index (χ3v) is 4.76. The second-order valence-corrected chi connectivity index (χ2v) is 6.78. The molecule has 0 aliphatic rings. The molecule has 1 N–H and O–H groups in total. The van der Waals surface area contributed by atoms with Crippen LogP contribution in [0.1, 0.15) is 21.9 Å². The van der Waals surface area contributed by atoms with Crippen molar-refractivity contribution in [3.63, 3.8) is 0 Å². The van der Waals surface area contributed by atoms with Gasteiger partial charge >= 0.3 is 0 Å². The van der Waals surface area contributed by atoms with E-state index in [-0.39, 0.29) is 5.91 Å². The van der Waals surface area contributed by atoms with Crippen LogP contribution in [0.5, 0.6) is 0 Å². The van der Waals surface area contributed by atoms with E-state index in [1.165, 1.54) is 5.56 Å². The molecule has 0 aliphatic carbocycles. The summed E-state index contributed by atoms with van der Waals surface area (Å²) in [6, 6.07) is 15.9. The van der Waals surface area contributed by atoms with Crippen LogP contribution in [-0.4, -0.2) is 45.1 Å². The molecule has 4 aromatic rings. The molecular formula is C22H23N5O2. The zero-order chi connectivity index (χ0) is 20.2. The molecule has 29 heavy (non-hydrogen) atoms. The lowest BCUT2D eigenvalue weighted by Gasteiger charge is -2.04. The highest BCUT2D eigenvalue weighted by Gasteiger charge is 2.20. The quantitative estimate of drug-likeness (QED) is 0.493. The maximum atomic E-state index is 12.6. The van der Waals surface area contributed by atoms with E-state index in [4.69, 9.17) is 9.72 Å². The summed E-state index contributed by atoms with van der Waals surface area (Å²) < 4.78 is 8.99. The van der Waals surface area contributed by atoms with Gasteiger partial charge in [-0.05, 0) is 24.6 Å². The molecule has 148 valence electrons. The number of rotatable bonds is 7. The Morgan fingerprint density at radius 3 is 2.69 bits per heavy atom. The van der Waals surface area contributed by atoms with Gasteiger partial charge in [-0.1, -0.05) is 36.4 Å². The molecule has 0 aliphatic heterocycles. The number of ether oxygens (including phenoxy) is 1. The maximum Gasteiger partial charge on any atom is 0.272 e. The van der Waals surface area contributed by atoms with Crippen LogP contribution in [-0.2, 0) is 11.3 Å². The number of methoxy groups -OCH3 is 1. The number of amides is 1. The summed E-state index contributed by atoms with van der Waals surface area (Å²) in [5.41, 5.74) is 3.06. The SMILES string of the molecule is COCCNC(=O)c1nc(-c2cn(Cc3ccccc3)c(C)n2)n2ccccc12.